The number of carbonyl (C=O) groups is 4. The summed E-state index contributed by atoms with van der Waals surface area (Å²) < 4.78 is 0. The lowest BCUT2D eigenvalue weighted by molar-refractivity contribution is -0.174. The first-order valence-electron chi connectivity index (χ1n) is 12.5. The van der Waals surface area contributed by atoms with E-state index in [1.807, 2.05) is 47.4 Å². The van der Waals surface area contributed by atoms with E-state index < -0.39 is 17.9 Å². The Morgan fingerprint density at radius 3 is 2.08 bits per heavy atom. The van der Waals surface area contributed by atoms with E-state index in [9.17, 15) is 19.2 Å². The van der Waals surface area contributed by atoms with Gasteiger partial charge in [-0.05, 0) is 35.6 Å². The van der Waals surface area contributed by atoms with Gasteiger partial charge in [0.1, 0.15) is 0 Å². The first-order valence-corrected chi connectivity index (χ1v) is 12.5. The third kappa shape index (κ3) is 5.11. The van der Waals surface area contributed by atoms with Crippen molar-refractivity contribution in [1.29, 1.82) is 0 Å². The summed E-state index contributed by atoms with van der Waals surface area (Å²) in [5, 5.41) is 0.583. The summed E-state index contributed by atoms with van der Waals surface area (Å²) in [6, 6.07) is 16.1. The quantitative estimate of drug-likeness (QED) is 0.599. The average molecular weight is 491 g/mol. The average Bonchev–Trinajstić information content (AvgIpc) is 3.56. The molecule has 3 heterocycles. The summed E-state index contributed by atoms with van der Waals surface area (Å²) >= 11 is 0. The Balaban J connectivity index is 1.26. The molecule has 0 bridgehead atoms. The fourth-order valence-electron chi connectivity index (χ4n) is 4.94. The minimum Gasteiger partial charge on any atom is -0.339 e. The lowest BCUT2D eigenvalue weighted by Crippen LogP contribution is -2.50. The fourth-order valence-corrected chi connectivity index (χ4v) is 4.94. The molecule has 0 radical (unpaired) electrons. The Labute approximate surface area is 210 Å². The van der Waals surface area contributed by atoms with Crippen LogP contribution >= 0.6 is 0 Å². The number of carbonyl (C=O) groups excluding carboxylic acids is 4. The Morgan fingerprint density at radius 1 is 0.750 bits per heavy atom. The molecule has 4 amide bonds. The highest BCUT2D eigenvalue weighted by molar-refractivity contribution is 6.01. The van der Waals surface area contributed by atoms with Gasteiger partial charge in [0.2, 0.25) is 0 Å². The lowest BCUT2D eigenvalue weighted by Gasteiger charge is -2.34. The summed E-state index contributed by atoms with van der Waals surface area (Å²) in [7, 11) is 0. The molecule has 3 saturated heterocycles. The minimum absolute atomic E-state index is 0.0709. The molecule has 0 aromatic heterocycles. The number of hydrogen-bond acceptors (Lipinski definition) is 6. The number of nitrogens with zero attached hydrogens (tertiary/aromatic N) is 4. The zero-order chi connectivity index (χ0) is 25.1. The number of hydrogen-bond donors (Lipinski definition) is 0. The van der Waals surface area contributed by atoms with Crippen molar-refractivity contribution in [2.45, 2.75) is 32.2 Å². The Hall–Kier alpha value is -3.72. The second-order valence-electron chi connectivity index (χ2n) is 9.44. The third-order valence-corrected chi connectivity index (χ3v) is 7.04. The van der Waals surface area contributed by atoms with Crippen LogP contribution in [0.3, 0.4) is 0 Å². The maximum absolute atomic E-state index is 13.4. The van der Waals surface area contributed by atoms with Gasteiger partial charge in [0.15, 0.2) is 0 Å². The summed E-state index contributed by atoms with van der Waals surface area (Å²) in [5.41, 5.74) is 3.78. The zero-order valence-corrected chi connectivity index (χ0v) is 20.2. The molecule has 9 nitrogen and oxygen atoms in total. The van der Waals surface area contributed by atoms with E-state index in [1.54, 1.807) is 0 Å². The molecule has 36 heavy (non-hydrogen) atoms. The van der Waals surface area contributed by atoms with Gasteiger partial charge in [-0.1, -0.05) is 42.5 Å². The van der Waals surface area contributed by atoms with E-state index in [4.69, 9.17) is 4.84 Å². The standard InChI is InChI=1S/C27H30N4O5/c32-24-10-11-25(33)31(24)36-27(35)30-16-14-28(15-17-30)19-22-9-8-21(20-6-2-1-3-7-20)18-23(22)26(34)29-12-4-5-13-29/h1-3,6-9,18H,4-5,10-17,19H2. The maximum Gasteiger partial charge on any atom is 0.434 e. The minimum atomic E-state index is -0.685. The molecule has 188 valence electrons. The van der Waals surface area contributed by atoms with Gasteiger partial charge in [-0.3, -0.25) is 19.3 Å². The van der Waals surface area contributed by atoms with E-state index in [1.165, 1.54) is 4.90 Å². The lowest BCUT2D eigenvalue weighted by atomic mass is 9.97. The molecule has 9 heteroatoms. The summed E-state index contributed by atoms with van der Waals surface area (Å²) in [4.78, 5) is 60.0. The van der Waals surface area contributed by atoms with Crippen molar-refractivity contribution >= 4 is 23.8 Å². The van der Waals surface area contributed by atoms with Crippen molar-refractivity contribution in [2.75, 3.05) is 39.3 Å². The van der Waals surface area contributed by atoms with Crippen molar-refractivity contribution in [3.63, 3.8) is 0 Å². The van der Waals surface area contributed by atoms with Crippen molar-refractivity contribution in [2.24, 2.45) is 0 Å². The largest absolute Gasteiger partial charge is 0.434 e. The van der Waals surface area contributed by atoms with Crippen LogP contribution in [0.1, 0.15) is 41.6 Å². The van der Waals surface area contributed by atoms with E-state index in [0.717, 1.165) is 48.2 Å². The van der Waals surface area contributed by atoms with Crippen LogP contribution in [0.4, 0.5) is 4.79 Å². The number of hydroxylamine groups is 2. The molecule has 2 aromatic rings. The van der Waals surface area contributed by atoms with Crippen LogP contribution in [-0.4, -0.2) is 82.8 Å². The van der Waals surface area contributed by atoms with Crippen LogP contribution in [0.25, 0.3) is 11.1 Å². The molecule has 0 unspecified atom stereocenters. The van der Waals surface area contributed by atoms with E-state index in [-0.39, 0.29) is 18.7 Å². The van der Waals surface area contributed by atoms with Crippen LogP contribution in [0.5, 0.6) is 0 Å². The molecule has 0 atom stereocenters. The van der Waals surface area contributed by atoms with Gasteiger partial charge in [-0.25, -0.2) is 4.79 Å². The molecule has 3 fully saturated rings. The first-order chi connectivity index (χ1) is 17.5. The van der Waals surface area contributed by atoms with Gasteiger partial charge in [0, 0.05) is 64.2 Å². The van der Waals surface area contributed by atoms with Gasteiger partial charge in [0.25, 0.3) is 17.7 Å². The Bertz CT molecular complexity index is 1140. The molecule has 2 aromatic carbocycles. The van der Waals surface area contributed by atoms with Gasteiger partial charge >= 0.3 is 6.09 Å². The van der Waals surface area contributed by atoms with Gasteiger partial charge in [0.05, 0.1) is 0 Å². The Morgan fingerprint density at radius 2 is 1.42 bits per heavy atom. The van der Waals surface area contributed by atoms with Crippen molar-refractivity contribution in [3.8, 4) is 11.1 Å². The molecule has 0 spiro atoms. The Kier molecular flexibility index (Phi) is 6.99. The number of piperazine rings is 1. The topological polar surface area (TPSA) is 90.5 Å². The highest BCUT2D eigenvalue weighted by Gasteiger charge is 2.35. The van der Waals surface area contributed by atoms with Crippen molar-refractivity contribution in [3.05, 3.63) is 59.7 Å². The second kappa shape index (κ2) is 10.5. The van der Waals surface area contributed by atoms with Crippen molar-refractivity contribution in [1.82, 2.24) is 19.8 Å². The molecular weight excluding hydrogens is 460 g/mol. The molecule has 3 aliphatic rings. The molecular formula is C27H30N4O5. The maximum atomic E-state index is 13.4. The van der Waals surface area contributed by atoms with Crippen LogP contribution in [-0.2, 0) is 21.0 Å². The summed E-state index contributed by atoms with van der Waals surface area (Å²) in [5.74, 6) is -0.898. The van der Waals surface area contributed by atoms with Gasteiger partial charge < -0.3 is 14.6 Å². The van der Waals surface area contributed by atoms with Gasteiger partial charge in [-0.15, -0.1) is 5.06 Å². The predicted molar refractivity (Wildman–Crippen MR) is 131 cm³/mol. The number of benzene rings is 2. The fraction of sp³-hybridized carbons (Fsp3) is 0.407. The normalized spacial score (nSPS) is 18.7. The molecule has 0 aliphatic carbocycles. The van der Waals surface area contributed by atoms with E-state index in [2.05, 4.69) is 11.0 Å². The molecule has 0 N–H and O–H groups in total. The monoisotopic (exact) mass is 490 g/mol. The second-order valence-corrected chi connectivity index (χ2v) is 9.44. The highest BCUT2D eigenvalue weighted by Crippen LogP contribution is 2.26. The molecule has 3 aliphatic heterocycles. The van der Waals surface area contributed by atoms with Crippen LogP contribution in [0.15, 0.2) is 48.5 Å². The SMILES string of the molecule is O=C(ON1C(=O)CCC1=O)N1CCN(Cc2ccc(-c3ccccc3)cc2C(=O)N2CCCC2)CC1. The first kappa shape index (κ1) is 24.0. The van der Waals surface area contributed by atoms with Crippen molar-refractivity contribution < 1.29 is 24.0 Å². The van der Waals surface area contributed by atoms with Crippen LogP contribution < -0.4 is 0 Å². The van der Waals surface area contributed by atoms with Crippen LogP contribution in [0, 0.1) is 0 Å². The van der Waals surface area contributed by atoms with E-state index in [0.29, 0.717) is 37.8 Å². The molecule has 0 saturated carbocycles. The number of amides is 4. The van der Waals surface area contributed by atoms with E-state index >= 15 is 0 Å². The highest BCUT2D eigenvalue weighted by atomic mass is 16.7. The predicted octanol–water partition coefficient (Wildman–Crippen LogP) is 2.91. The number of rotatable bonds is 5. The number of likely N-dealkylation sites (tertiary alicyclic amines) is 1. The summed E-state index contributed by atoms with van der Waals surface area (Å²) in [6.45, 7) is 4.17. The third-order valence-electron chi connectivity index (χ3n) is 7.04. The summed E-state index contributed by atoms with van der Waals surface area (Å²) in [6.07, 6.45) is 1.52. The smallest absolute Gasteiger partial charge is 0.339 e. The molecule has 5 rings (SSSR count). The van der Waals surface area contributed by atoms with Crippen LogP contribution in [0.2, 0.25) is 0 Å². The zero-order valence-electron chi connectivity index (χ0n) is 20.2. The van der Waals surface area contributed by atoms with Gasteiger partial charge in [-0.2, -0.15) is 0 Å². The number of imide groups is 1.